The molecule has 3 rings (SSSR count). The van der Waals surface area contributed by atoms with E-state index in [1.807, 2.05) is 0 Å². The molecule has 0 aromatic carbocycles. The van der Waals surface area contributed by atoms with Crippen LogP contribution in [0.3, 0.4) is 0 Å². The van der Waals surface area contributed by atoms with Gasteiger partial charge in [0.15, 0.2) is 0 Å². The van der Waals surface area contributed by atoms with E-state index in [1.165, 1.54) is 38.5 Å². The molecule has 114 valence electrons. The average Bonchev–Trinajstić information content (AvgIpc) is 2.92. The van der Waals surface area contributed by atoms with Crippen molar-refractivity contribution in [2.45, 2.75) is 89.9 Å². The first-order chi connectivity index (χ1) is 9.63. The van der Waals surface area contributed by atoms with Gasteiger partial charge in [0.25, 0.3) is 0 Å². The van der Waals surface area contributed by atoms with Gasteiger partial charge in [0.1, 0.15) is 0 Å². The lowest BCUT2D eigenvalue weighted by atomic mass is 9.92. The van der Waals surface area contributed by atoms with Gasteiger partial charge in [-0.15, -0.1) is 0 Å². The quantitative estimate of drug-likeness (QED) is 0.837. The highest BCUT2D eigenvalue weighted by molar-refractivity contribution is 5.92. The molecule has 3 nitrogen and oxygen atoms in total. The van der Waals surface area contributed by atoms with Crippen LogP contribution in [0.1, 0.15) is 72.1 Å². The number of nitrogens with zero attached hydrogens (tertiary/aromatic N) is 1. The summed E-state index contributed by atoms with van der Waals surface area (Å²) in [4.78, 5) is 15.2. The first-order valence-corrected chi connectivity index (χ1v) is 8.73. The SMILES string of the molecule is CCC(CC)C(C)N1C(=O)C2(CC2)NC1C1CCCC1. The van der Waals surface area contributed by atoms with Crippen LogP contribution < -0.4 is 5.32 Å². The number of hydrogen-bond donors (Lipinski definition) is 1. The smallest absolute Gasteiger partial charge is 0.244 e. The van der Waals surface area contributed by atoms with Crippen LogP contribution in [0.25, 0.3) is 0 Å². The minimum absolute atomic E-state index is 0.145. The molecule has 2 atom stereocenters. The van der Waals surface area contributed by atoms with Gasteiger partial charge in [-0.25, -0.2) is 0 Å². The van der Waals surface area contributed by atoms with E-state index in [0.29, 0.717) is 30.0 Å². The number of nitrogens with one attached hydrogen (secondary N) is 1. The summed E-state index contributed by atoms with van der Waals surface area (Å²) in [5.41, 5.74) is -0.145. The maximum Gasteiger partial charge on any atom is 0.244 e. The molecule has 3 heteroatoms. The molecule has 2 aliphatic carbocycles. The highest BCUT2D eigenvalue weighted by atomic mass is 16.2. The maximum absolute atomic E-state index is 12.9. The summed E-state index contributed by atoms with van der Waals surface area (Å²) in [5, 5.41) is 3.74. The van der Waals surface area contributed by atoms with Crippen LogP contribution in [0.15, 0.2) is 0 Å². The van der Waals surface area contributed by atoms with Crippen molar-refractivity contribution in [3.63, 3.8) is 0 Å². The normalized spacial score (nSPS) is 30.7. The van der Waals surface area contributed by atoms with Gasteiger partial charge in [-0.1, -0.05) is 39.5 Å². The fourth-order valence-corrected chi connectivity index (χ4v) is 4.53. The van der Waals surface area contributed by atoms with Crippen LogP contribution in [0, 0.1) is 11.8 Å². The zero-order valence-corrected chi connectivity index (χ0v) is 13.3. The van der Waals surface area contributed by atoms with Crippen LogP contribution in [-0.2, 0) is 4.79 Å². The predicted molar refractivity (Wildman–Crippen MR) is 81.2 cm³/mol. The second kappa shape index (κ2) is 5.32. The Labute approximate surface area is 123 Å². The molecule has 0 aromatic heterocycles. The predicted octanol–water partition coefficient (Wildman–Crippen LogP) is 3.29. The zero-order valence-electron chi connectivity index (χ0n) is 13.3. The molecule has 1 heterocycles. The van der Waals surface area contributed by atoms with E-state index in [2.05, 4.69) is 31.0 Å². The molecule has 1 amide bonds. The minimum atomic E-state index is -0.145. The monoisotopic (exact) mass is 278 g/mol. The Morgan fingerprint density at radius 2 is 1.85 bits per heavy atom. The van der Waals surface area contributed by atoms with Crippen molar-refractivity contribution in [2.24, 2.45) is 11.8 Å². The molecular weight excluding hydrogens is 248 g/mol. The molecule has 20 heavy (non-hydrogen) atoms. The van der Waals surface area contributed by atoms with E-state index in [0.717, 1.165) is 12.8 Å². The third-order valence-corrected chi connectivity index (χ3v) is 6.13. The first kappa shape index (κ1) is 14.4. The third kappa shape index (κ3) is 2.18. The summed E-state index contributed by atoms with van der Waals surface area (Å²) in [6.45, 7) is 6.80. The van der Waals surface area contributed by atoms with Crippen molar-refractivity contribution in [2.75, 3.05) is 0 Å². The number of carbonyl (C=O) groups is 1. The minimum Gasteiger partial charge on any atom is -0.322 e. The summed E-state index contributed by atoms with van der Waals surface area (Å²) >= 11 is 0. The van der Waals surface area contributed by atoms with Crippen LogP contribution in [0.5, 0.6) is 0 Å². The second-order valence-corrected chi connectivity index (χ2v) is 7.25. The van der Waals surface area contributed by atoms with E-state index >= 15 is 0 Å². The highest BCUT2D eigenvalue weighted by Gasteiger charge is 2.61. The summed E-state index contributed by atoms with van der Waals surface area (Å²) < 4.78 is 0. The van der Waals surface area contributed by atoms with E-state index in [4.69, 9.17) is 0 Å². The molecule has 0 radical (unpaired) electrons. The van der Waals surface area contributed by atoms with Crippen LogP contribution in [-0.4, -0.2) is 28.6 Å². The van der Waals surface area contributed by atoms with Crippen molar-refractivity contribution < 1.29 is 4.79 Å². The molecule has 0 bridgehead atoms. The van der Waals surface area contributed by atoms with Crippen molar-refractivity contribution in [1.29, 1.82) is 0 Å². The lowest BCUT2D eigenvalue weighted by Crippen LogP contribution is -2.49. The van der Waals surface area contributed by atoms with Crippen molar-refractivity contribution in [3.8, 4) is 0 Å². The van der Waals surface area contributed by atoms with Gasteiger partial charge in [0.05, 0.1) is 11.7 Å². The fourth-order valence-electron chi connectivity index (χ4n) is 4.53. The van der Waals surface area contributed by atoms with E-state index in [-0.39, 0.29) is 5.54 Å². The van der Waals surface area contributed by atoms with E-state index < -0.39 is 0 Å². The van der Waals surface area contributed by atoms with Crippen LogP contribution in [0.2, 0.25) is 0 Å². The Balaban J connectivity index is 1.82. The van der Waals surface area contributed by atoms with Crippen molar-refractivity contribution in [1.82, 2.24) is 10.2 Å². The van der Waals surface area contributed by atoms with Gasteiger partial charge in [-0.05, 0) is 44.4 Å². The van der Waals surface area contributed by atoms with E-state index in [1.54, 1.807) is 0 Å². The number of carbonyl (C=O) groups excluding carboxylic acids is 1. The van der Waals surface area contributed by atoms with Gasteiger partial charge in [-0.3, -0.25) is 10.1 Å². The standard InChI is InChI=1S/C17H30N2O/c1-4-13(5-2)12(3)19-15(14-8-6-7-9-14)18-17(10-11-17)16(19)20/h12-15,18H,4-11H2,1-3H3. The van der Waals surface area contributed by atoms with Gasteiger partial charge in [0.2, 0.25) is 5.91 Å². The van der Waals surface area contributed by atoms with E-state index in [9.17, 15) is 4.79 Å². The molecule has 2 unspecified atom stereocenters. The number of amides is 1. The average molecular weight is 278 g/mol. The summed E-state index contributed by atoms with van der Waals surface area (Å²) in [6.07, 6.45) is 10.1. The third-order valence-electron chi connectivity index (χ3n) is 6.13. The molecule has 2 saturated carbocycles. The molecule has 1 saturated heterocycles. The Kier molecular flexibility index (Phi) is 3.83. The maximum atomic E-state index is 12.9. The Hall–Kier alpha value is -0.570. The molecule has 1 N–H and O–H groups in total. The largest absolute Gasteiger partial charge is 0.322 e. The molecule has 3 fully saturated rings. The molecule has 0 aromatic rings. The Morgan fingerprint density at radius 1 is 1.25 bits per heavy atom. The lowest BCUT2D eigenvalue weighted by Gasteiger charge is -2.37. The molecular formula is C17H30N2O. The Morgan fingerprint density at radius 3 is 2.35 bits per heavy atom. The van der Waals surface area contributed by atoms with Crippen LogP contribution >= 0.6 is 0 Å². The molecule has 1 spiro atoms. The van der Waals surface area contributed by atoms with Gasteiger partial charge < -0.3 is 4.90 Å². The molecule has 3 aliphatic rings. The number of rotatable bonds is 5. The first-order valence-electron chi connectivity index (χ1n) is 8.73. The summed E-state index contributed by atoms with van der Waals surface area (Å²) in [5.74, 6) is 1.74. The summed E-state index contributed by atoms with van der Waals surface area (Å²) in [7, 11) is 0. The number of hydrogen-bond acceptors (Lipinski definition) is 2. The molecule has 1 aliphatic heterocycles. The second-order valence-electron chi connectivity index (χ2n) is 7.25. The van der Waals surface area contributed by atoms with Crippen molar-refractivity contribution >= 4 is 5.91 Å². The topological polar surface area (TPSA) is 32.3 Å². The Bertz CT molecular complexity index is 367. The van der Waals surface area contributed by atoms with Gasteiger partial charge in [-0.2, -0.15) is 0 Å². The lowest BCUT2D eigenvalue weighted by molar-refractivity contribution is -0.134. The van der Waals surface area contributed by atoms with Gasteiger partial charge in [0, 0.05) is 6.04 Å². The highest BCUT2D eigenvalue weighted by Crippen LogP contribution is 2.46. The van der Waals surface area contributed by atoms with Crippen LogP contribution in [0.4, 0.5) is 0 Å². The zero-order chi connectivity index (χ0) is 14.3. The van der Waals surface area contributed by atoms with Gasteiger partial charge >= 0.3 is 0 Å². The summed E-state index contributed by atoms with van der Waals surface area (Å²) in [6, 6.07) is 0.385. The van der Waals surface area contributed by atoms with Crippen molar-refractivity contribution in [3.05, 3.63) is 0 Å². The fraction of sp³-hybridized carbons (Fsp3) is 0.941.